The van der Waals surface area contributed by atoms with Crippen LogP contribution < -0.4 is 0 Å². The molecule has 0 unspecified atom stereocenters. The van der Waals surface area contributed by atoms with E-state index in [4.69, 9.17) is 6.42 Å². The molecule has 4 aromatic rings. The van der Waals surface area contributed by atoms with E-state index in [1.165, 1.54) is 38.4 Å². The van der Waals surface area contributed by atoms with Crippen molar-refractivity contribution in [1.29, 1.82) is 0 Å². The number of hydrogen-bond donors (Lipinski definition) is 0. The number of hydrogen-bond acceptors (Lipinski definition) is 0. The van der Waals surface area contributed by atoms with Crippen LogP contribution >= 0.6 is 0 Å². The highest BCUT2D eigenvalue weighted by molar-refractivity contribution is 6.82. The van der Waals surface area contributed by atoms with Crippen molar-refractivity contribution in [3.63, 3.8) is 0 Å². The molecule has 0 aliphatic carbocycles. The third-order valence-corrected chi connectivity index (χ3v) is 14.5. The van der Waals surface area contributed by atoms with Gasteiger partial charge < -0.3 is 4.23 Å². The number of terminal acetylenes is 1. The van der Waals surface area contributed by atoms with Gasteiger partial charge in [0.25, 0.3) is 0 Å². The minimum Gasteiger partial charge on any atom is -0.373 e. The second kappa shape index (κ2) is 8.88. The van der Waals surface area contributed by atoms with Gasteiger partial charge in [-0.15, -0.1) is 6.42 Å². The molecule has 1 heterocycles. The summed E-state index contributed by atoms with van der Waals surface area (Å²) >= 11 is 0. The predicted octanol–water partition coefficient (Wildman–Crippen LogP) is 8.89. The molecule has 3 aromatic carbocycles. The second-order valence-electron chi connectivity index (χ2n) is 10.5. The van der Waals surface area contributed by atoms with Crippen molar-refractivity contribution in [2.75, 3.05) is 0 Å². The van der Waals surface area contributed by atoms with Gasteiger partial charge in [-0.3, -0.25) is 0 Å². The summed E-state index contributed by atoms with van der Waals surface area (Å²) in [5.74, 6) is 3.11. The van der Waals surface area contributed by atoms with Gasteiger partial charge >= 0.3 is 0 Å². The van der Waals surface area contributed by atoms with E-state index >= 15 is 0 Å². The molecule has 1 nitrogen and oxygen atoms in total. The summed E-state index contributed by atoms with van der Waals surface area (Å²) in [4.78, 5) is 0. The Morgan fingerprint density at radius 3 is 2.03 bits per heavy atom. The maximum atomic E-state index is 6.30. The van der Waals surface area contributed by atoms with E-state index < -0.39 is 8.24 Å². The fraction of sp³-hybridized carbons (Fsp3) is 0.355. The minimum atomic E-state index is -1.94. The van der Waals surface area contributed by atoms with Gasteiger partial charge in [0.2, 0.25) is 0 Å². The summed E-state index contributed by atoms with van der Waals surface area (Å²) < 4.78 is 2.72. The summed E-state index contributed by atoms with van der Waals surface area (Å²) in [7, 11) is -1.94. The van der Waals surface area contributed by atoms with Crippen LogP contribution in [-0.4, -0.2) is 12.5 Å². The predicted molar refractivity (Wildman–Crippen MR) is 148 cm³/mol. The molecule has 0 radical (unpaired) electrons. The lowest BCUT2D eigenvalue weighted by molar-refractivity contribution is 0.771. The van der Waals surface area contributed by atoms with Crippen LogP contribution in [0.1, 0.15) is 64.2 Å². The zero-order chi connectivity index (χ0) is 23.9. The maximum absolute atomic E-state index is 6.30. The number of aryl methyl sites for hydroxylation is 1. The van der Waals surface area contributed by atoms with E-state index in [2.05, 4.69) is 125 Å². The summed E-state index contributed by atoms with van der Waals surface area (Å²) in [6.45, 7) is 16.8. The SMILES string of the molecule is C#C[C@@H](c1cccc2ccccc12)c1cn([Si](C(C)C)(C(C)C)C(C)C)c2cc(C)ccc12. The highest BCUT2D eigenvalue weighted by atomic mass is 28.3. The smallest absolute Gasteiger partial charge is 0.169 e. The molecule has 0 saturated carbocycles. The molecule has 1 atom stereocenters. The maximum Gasteiger partial charge on any atom is 0.169 e. The van der Waals surface area contributed by atoms with Crippen molar-refractivity contribution in [3.8, 4) is 12.3 Å². The molecule has 0 fully saturated rings. The molecule has 0 N–H and O–H groups in total. The number of nitrogens with zero attached hydrogens (tertiary/aromatic N) is 1. The van der Waals surface area contributed by atoms with Gasteiger partial charge in [0.1, 0.15) is 0 Å². The fourth-order valence-electron chi connectivity index (χ4n) is 6.60. The van der Waals surface area contributed by atoms with Crippen LogP contribution in [0.5, 0.6) is 0 Å². The van der Waals surface area contributed by atoms with Crippen molar-refractivity contribution in [3.05, 3.63) is 83.6 Å². The molecule has 0 aliphatic rings. The van der Waals surface area contributed by atoms with Crippen LogP contribution in [0.15, 0.2) is 66.9 Å². The van der Waals surface area contributed by atoms with Crippen LogP contribution in [0.2, 0.25) is 16.6 Å². The van der Waals surface area contributed by atoms with E-state index in [1.807, 2.05) is 0 Å². The van der Waals surface area contributed by atoms with Crippen molar-refractivity contribution < 1.29 is 0 Å². The van der Waals surface area contributed by atoms with Gasteiger partial charge in [-0.05, 0) is 57.1 Å². The highest BCUT2D eigenvalue weighted by Crippen LogP contribution is 2.46. The molecule has 4 rings (SSSR count). The molecule has 2 heteroatoms. The van der Waals surface area contributed by atoms with Gasteiger partial charge in [0.15, 0.2) is 8.24 Å². The van der Waals surface area contributed by atoms with E-state index in [-0.39, 0.29) is 5.92 Å². The zero-order valence-corrected chi connectivity index (χ0v) is 22.2. The first kappa shape index (κ1) is 23.4. The van der Waals surface area contributed by atoms with E-state index in [1.54, 1.807) is 0 Å². The standard InChI is InChI=1S/C31H37NSi/c1-9-26(28-16-12-14-25-13-10-11-15-27(25)28)30-20-32(31-19-24(8)17-18-29(30)31)33(21(2)3,22(4)5)23(6)7/h1,10-23,26H,2-8H3/t26-/m0/s1. The zero-order valence-electron chi connectivity index (χ0n) is 21.2. The lowest BCUT2D eigenvalue weighted by Gasteiger charge is -2.44. The molecule has 0 spiro atoms. The average Bonchev–Trinajstić information content (AvgIpc) is 3.12. The van der Waals surface area contributed by atoms with Crippen LogP contribution in [0.3, 0.4) is 0 Å². The Morgan fingerprint density at radius 2 is 1.39 bits per heavy atom. The van der Waals surface area contributed by atoms with Gasteiger partial charge in [-0.1, -0.05) is 102 Å². The van der Waals surface area contributed by atoms with E-state index in [9.17, 15) is 0 Å². The van der Waals surface area contributed by atoms with Crippen LogP contribution in [-0.2, 0) is 0 Å². The molecule has 0 saturated heterocycles. The van der Waals surface area contributed by atoms with E-state index in [0.717, 1.165) is 0 Å². The van der Waals surface area contributed by atoms with Crippen LogP contribution in [0.4, 0.5) is 0 Å². The quantitative estimate of drug-likeness (QED) is 0.204. The Kier molecular flexibility index (Phi) is 6.30. The Hall–Kier alpha value is -2.76. The van der Waals surface area contributed by atoms with Crippen molar-refractivity contribution in [2.45, 2.75) is 71.0 Å². The molecular formula is C31H37NSi. The Balaban J connectivity index is 2.07. The monoisotopic (exact) mass is 451 g/mol. The second-order valence-corrected chi connectivity index (χ2v) is 16.2. The highest BCUT2D eigenvalue weighted by Gasteiger charge is 2.46. The first-order valence-electron chi connectivity index (χ1n) is 12.3. The summed E-state index contributed by atoms with van der Waals surface area (Å²) in [6.07, 6.45) is 8.75. The molecule has 0 bridgehead atoms. The van der Waals surface area contributed by atoms with Crippen LogP contribution in [0, 0.1) is 19.3 Å². The van der Waals surface area contributed by atoms with Crippen molar-refractivity contribution in [2.24, 2.45) is 0 Å². The molecule has 0 aliphatic heterocycles. The summed E-state index contributed by atoms with van der Waals surface area (Å²) in [5, 5.41) is 3.79. The van der Waals surface area contributed by atoms with E-state index in [0.29, 0.717) is 16.6 Å². The van der Waals surface area contributed by atoms with Gasteiger partial charge in [-0.2, -0.15) is 0 Å². The largest absolute Gasteiger partial charge is 0.373 e. The molecule has 170 valence electrons. The lowest BCUT2D eigenvalue weighted by atomic mass is 9.88. The lowest BCUT2D eigenvalue weighted by Crippen LogP contribution is -2.51. The van der Waals surface area contributed by atoms with Gasteiger partial charge in [0, 0.05) is 17.1 Å². The number of benzene rings is 3. The third kappa shape index (κ3) is 3.64. The average molecular weight is 452 g/mol. The molecule has 1 aromatic heterocycles. The van der Waals surface area contributed by atoms with Crippen molar-refractivity contribution >= 4 is 29.9 Å². The normalized spacial score (nSPS) is 13.4. The van der Waals surface area contributed by atoms with Gasteiger partial charge in [0.05, 0.1) is 5.92 Å². The molecule has 33 heavy (non-hydrogen) atoms. The van der Waals surface area contributed by atoms with Gasteiger partial charge in [-0.25, -0.2) is 0 Å². The number of fused-ring (bicyclic) bond motifs is 2. The Bertz CT molecular complexity index is 1310. The Labute approximate surface area is 200 Å². The summed E-state index contributed by atoms with van der Waals surface area (Å²) in [5.41, 5.74) is 6.99. The topological polar surface area (TPSA) is 4.93 Å². The number of rotatable bonds is 6. The first-order chi connectivity index (χ1) is 15.7. The first-order valence-corrected chi connectivity index (χ1v) is 14.5. The minimum absolute atomic E-state index is 0.0826. The fourth-order valence-corrected chi connectivity index (χ4v) is 13.2. The number of aromatic nitrogens is 1. The molecule has 0 amide bonds. The molecular weight excluding hydrogens is 414 g/mol. The Morgan fingerprint density at radius 1 is 0.758 bits per heavy atom. The van der Waals surface area contributed by atoms with Crippen molar-refractivity contribution in [1.82, 2.24) is 4.23 Å². The van der Waals surface area contributed by atoms with Crippen LogP contribution in [0.25, 0.3) is 21.7 Å². The summed E-state index contributed by atoms with van der Waals surface area (Å²) in [6, 6.07) is 22.0. The third-order valence-electron chi connectivity index (χ3n) is 7.80.